The Morgan fingerprint density at radius 1 is 0.967 bits per heavy atom. The average Bonchev–Trinajstić information content (AvgIpc) is 2.71. The fourth-order valence-electron chi connectivity index (χ4n) is 3.24. The van der Waals surface area contributed by atoms with Gasteiger partial charge in [-0.15, -0.1) is 0 Å². The minimum atomic E-state index is -0.499. The summed E-state index contributed by atoms with van der Waals surface area (Å²) in [6.45, 7) is 5.59. The number of fused-ring (bicyclic) bond motifs is 1. The van der Waals surface area contributed by atoms with E-state index in [9.17, 15) is 19.2 Å². The summed E-state index contributed by atoms with van der Waals surface area (Å²) in [5, 5.41) is 3.14. The van der Waals surface area contributed by atoms with E-state index >= 15 is 0 Å². The van der Waals surface area contributed by atoms with Crippen molar-refractivity contribution in [2.45, 2.75) is 40.3 Å². The van der Waals surface area contributed by atoms with E-state index in [2.05, 4.69) is 5.32 Å². The number of ketones is 1. The molecule has 3 rings (SSSR count). The molecule has 2 aromatic carbocycles. The van der Waals surface area contributed by atoms with Gasteiger partial charge in [-0.1, -0.05) is 26.0 Å². The minimum absolute atomic E-state index is 0.0606. The van der Waals surface area contributed by atoms with Crippen LogP contribution in [0, 0.1) is 5.92 Å². The molecule has 0 aliphatic heterocycles. The molecule has 0 aliphatic rings. The quantitative estimate of drug-likeness (QED) is 0.610. The van der Waals surface area contributed by atoms with Crippen LogP contribution in [0.1, 0.15) is 37.6 Å². The summed E-state index contributed by atoms with van der Waals surface area (Å²) < 4.78 is 2.54. The number of carbonyl (C=O) groups excluding carboxylic acids is 2. The van der Waals surface area contributed by atoms with Crippen LogP contribution in [0.3, 0.4) is 0 Å². The molecular formula is C23H25N3O4. The number of nitrogens with zero attached hydrogens (tertiary/aromatic N) is 2. The van der Waals surface area contributed by atoms with Crippen LogP contribution in [-0.2, 0) is 17.9 Å². The van der Waals surface area contributed by atoms with Gasteiger partial charge >= 0.3 is 5.69 Å². The van der Waals surface area contributed by atoms with Gasteiger partial charge in [-0.3, -0.25) is 23.5 Å². The molecule has 0 unspecified atom stereocenters. The van der Waals surface area contributed by atoms with Crippen LogP contribution in [0.25, 0.3) is 10.9 Å². The summed E-state index contributed by atoms with van der Waals surface area (Å²) in [7, 11) is 0. The Morgan fingerprint density at radius 3 is 2.27 bits per heavy atom. The molecule has 0 aliphatic carbocycles. The highest BCUT2D eigenvalue weighted by Crippen LogP contribution is 2.12. The number of nitrogens with one attached hydrogen (secondary N) is 1. The molecule has 0 saturated heterocycles. The van der Waals surface area contributed by atoms with Gasteiger partial charge in [0, 0.05) is 17.8 Å². The van der Waals surface area contributed by atoms with Gasteiger partial charge in [-0.05, 0) is 55.7 Å². The number of rotatable bonds is 7. The normalized spacial score (nSPS) is 11.1. The molecular weight excluding hydrogens is 382 g/mol. The first-order valence-corrected chi connectivity index (χ1v) is 9.91. The molecule has 1 heterocycles. The summed E-state index contributed by atoms with van der Waals surface area (Å²) in [5.41, 5.74) is 0.660. The number of hydrogen-bond donors (Lipinski definition) is 1. The number of aromatic nitrogens is 2. The van der Waals surface area contributed by atoms with E-state index in [1.807, 2.05) is 13.8 Å². The van der Waals surface area contributed by atoms with E-state index in [-0.39, 0.29) is 17.9 Å². The topological polar surface area (TPSA) is 90.2 Å². The number of hydrogen-bond acceptors (Lipinski definition) is 4. The van der Waals surface area contributed by atoms with Gasteiger partial charge in [-0.2, -0.15) is 0 Å². The van der Waals surface area contributed by atoms with Crippen molar-refractivity contribution in [3.05, 3.63) is 74.9 Å². The van der Waals surface area contributed by atoms with Crippen LogP contribution in [0.2, 0.25) is 0 Å². The molecule has 3 aromatic rings. The van der Waals surface area contributed by atoms with Gasteiger partial charge in [0.1, 0.15) is 6.54 Å². The lowest BCUT2D eigenvalue weighted by atomic mass is 10.1. The monoisotopic (exact) mass is 407 g/mol. The molecule has 156 valence electrons. The molecule has 1 N–H and O–H groups in total. The van der Waals surface area contributed by atoms with E-state index in [1.54, 1.807) is 48.5 Å². The molecule has 0 atom stereocenters. The lowest BCUT2D eigenvalue weighted by Gasteiger charge is -2.15. The van der Waals surface area contributed by atoms with Crippen LogP contribution in [0.15, 0.2) is 58.1 Å². The van der Waals surface area contributed by atoms with Crippen molar-refractivity contribution >= 4 is 28.3 Å². The van der Waals surface area contributed by atoms with Crippen LogP contribution in [0.4, 0.5) is 5.69 Å². The average molecular weight is 407 g/mol. The zero-order chi connectivity index (χ0) is 21.8. The maximum absolute atomic E-state index is 13.0. The smallest absolute Gasteiger partial charge is 0.325 e. The Kier molecular flexibility index (Phi) is 6.30. The second-order valence-corrected chi connectivity index (χ2v) is 7.71. The number of benzene rings is 2. The molecule has 30 heavy (non-hydrogen) atoms. The summed E-state index contributed by atoms with van der Waals surface area (Å²) >= 11 is 0. The molecule has 0 bridgehead atoms. The first kappa shape index (κ1) is 21.2. The molecule has 0 fully saturated rings. The summed E-state index contributed by atoms with van der Waals surface area (Å²) in [5.74, 6) is -0.126. The highest BCUT2D eigenvalue weighted by molar-refractivity contribution is 5.95. The van der Waals surface area contributed by atoms with Gasteiger partial charge in [0.15, 0.2) is 5.78 Å². The van der Waals surface area contributed by atoms with Gasteiger partial charge in [0.25, 0.3) is 5.56 Å². The third-order valence-corrected chi connectivity index (χ3v) is 4.94. The van der Waals surface area contributed by atoms with Crippen molar-refractivity contribution in [3.63, 3.8) is 0 Å². The Hall–Kier alpha value is -3.48. The summed E-state index contributed by atoms with van der Waals surface area (Å²) in [6, 6.07) is 13.3. The second-order valence-electron chi connectivity index (χ2n) is 7.71. The lowest BCUT2D eigenvalue weighted by Crippen LogP contribution is -2.42. The Labute approximate surface area is 174 Å². The number of Topliss-reactive ketones (excluding diaryl/α,β-unsaturated/α-hetero) is 1. The Bertz CT molecular complexity index is 1200. The fourth-order valence-corrected chi connectivity index (χ4v) is 3.24. The number of amides is 1. The number of carbonyl (C=O) groups is 2. The van der Waals surface area contributed by atoms with Gasteiger partial charge in [-0.25, -0.2) is 4.79 Å². The molecule has 0 spiro atoms. The lowest BCUT2D eigenvalue weighted by molar-refractivity contribution is -0.116. The van der Waals surface area contributed by atoms with Crippen molar-refractivity contribution in [1.29, 1.82) is 0 Å². The summed E-state index contributed by atoms with van der Waals surface area (Å²) in [6.07, 6.45) is 0.683. The van der Waals surface area contributed by atoms with E-state index in [4.69, 9.17) is 0 Å². The maximum atomic E-state index is 13.0. The van der Waals surface area contributed by atoms with Crippen LogP contribution in [-0.4, -0.2) is 20.8 Å². The molecule has 7 heteroatoms. The molecule has 0 radical (unpaired) electrons. The largest absolute Gasteiger partial charge is 0.331 e. The number of anilines is 1. The van der Waals surface area contributed by atoms with Crippen molar-refractivity contribution in [2.75, 3.05) is 5.32 Å². The highest BCUT2D eigenvalue weighted by atomic mass is 16.2. The molecule has 1 aromatic heterocycles. The predicted molar refractivity (Wildman–Crippen MR) is 117 cm³/mol. The zero-order valence-electron chi connectivity index (χ0n) is 17.3. The van der Waals surface area contributed by atoms with E-state index < -0.39 is 11.6 Å². The first-order chi connectivity index (χ1) is 14.3. The standard InChI is InChI=1S/C23H25N3O4/c1-15(2)12-13-25-22(29)19-6-4-5-7-20(19)26(23(25)30)14-21(28)24-18-10-8-17(9-11-18)16(3)27/h4-11,15H,12-14H2,1-3H3,(H,24,28). The zero-order valence-corrected chi connectivity index (χ0v) is 17.3. The third-order valence-electron chi connectivity index (χ3n) is 4.94. The summed E-state index contributed by atoms with van der Waals surface area (Å²) in [4.78, 5) is 49.8. The van der Waals surface area contributed by atoms with Crippen molar-refractivity contribution < 1.29 is 9.59 Å². The van der Waals surface area contributed by atoms with Crippen LogP contribution < -0.4 is 16.6 Å². The van der Waals surface area contributed by atoms with Gasteiger partial charge in [0.2, 0.25) is 5.91 Å². The molecule has 0 saturated carbocycles. The Morgan fingerprint density at radius 2 is 1.63 bits per heavy atom. The molecule has 7 nitrogen and oxygen atoms in total. The number of para-hydroxylation sites is 1. The van der Waals surface area contributed by atoms with Crippen molar-refractivity contribution in [1.82, 2.24) is 9.13 Å². The predicted octanol–water partition coefficient (Wildman–Crippen LogP) is 3.05. The van der Waals surface area contributed by atoms with Gasteiger partial charge < -0.3 is 5.32 Å². The van der Waals surface area contributed by atoms with Crippen molar-refractivity contribution in [3.8, 4) is 0 Å². The van der Waals surface area contributed by atoms with Crippen molar-refractivity contribution in [2.24, 2.45) is 5.92 Å². The molecule has 1 amide bonds. The second kappa shape index (κ2) is 8.90. The third kappa shape index (κ3) is 4.56. The highest BCUT2D eigenvalue weighted by Gasteiger charge is 2.15. The van der Waals surface area contributed by atoms with E-state index in [1.165, 1.54) is 16.1 Å². The maximum Gasteiger partial charge on any atom is 0.331 e. The van der Waals surface area contributed by atoms with Crippen LogP contribution in [0.5, 0.6) is 0 Å². The Balaban J connectivity index is 1.94. The van der Waals surface area contributed by atoms with E-state index in [0.29, 0.717) is 41.0 Å². The van der Waals surface area contributed by atoms with E-state index in [0.717, 1.165) is 0 Å². The van der Waals surface area contributed by atoms with Crippen LogP contribution >= 0.6 is 0 Å². The SMILES string of the molecule is CC(=O)c1ccc(NC(=O)Cn2c(=O)n(CCC(C)C)c(=O)c3ccccc32)cc1. The minimum Gasteiger partial charge on any atom is -0.325 e. The fraction of sp³-hybridized carbons (Fsp3) is 0.304. The first-order valence-electron chi connectivity index (χ1n) is 9.91. The van der Waals surface area contributed by atoms with Gasteiger partial charge in [0.05, 0.1) is 10.9 Å².